The van der Waals surface area contributed by atoms with Gasteiger partial charge < -0.3 is 15.2 Å². The minimum absolute atomic E-state index is 0.238. The minimum atomic E-state index is 0.238. The second kappa shape index (κ2) is 9.73. The zero-order valence-electron chi connectivity index (χ0n) is 12.0. The van der Waals surface area contributed by atoms with Gasteiger partial charge in [-0.05, 0) is 25.3 Å². The lowest BCUT2D eigenvalue weighted by Crippen LogP contribution is -2.45. The Kier molecular flexibility index (Phi) is 8.59. The highest BCUT2D eigenvalue weighted by atomic mass is 16.5. The van der Waals surface area contributed by atoms with Crippen LogP contribution in [0.15, 0.2) is 0 Å². The molecule has 1 aliphatic rings. The molecule has 2 atom stereocenters. The Morgan fingerprint density at radius 2 is 2.06 bits per heavy atom. The third kappa shape index (κ3) is 5.65. The summed E-state index contributed by atoms with van der Waals surface area (Å²) in [5.74, 6) is 0.724. The minimum Gasteiger partial charge on any atom is -0.395 e. The van der Waals surface area contributed by atoms with E-state index in [9.17, 15) is 0 Å². The van der Waals surface area contributed by atoms with E-state index in [1.807, 2.05) is 0 Å². The summed E-state index contributed by atoms with van der Waals surface area (Å²) < 4.78 is 5.14. The van der Waals surface area contributed by atoms with E-state index in [2.05, 4.69) is 17.1 Å². The summed E-state index contributed by atoms with van der Waals surface area (Å²) in [4.78, 5) is 2.34. The van der Waals surface area contributed by atoms with Gasteiger partial charge >= 0.3 is 0 Å². The molecule has 108 valence electrons. The molecule has 0 aromatic carbocycles. The Morgan fingerprint density at radius 3 is 2.72 bits per heavy atom. The molecule has 0 bridgehead atoms. The third-order valence-corrected chi connectivity index (χ3v) is 3.90. The number of hydrogen-bond acceptors (Lipinski definition) is 4. The number of rotatable bonds is 9. The van der Waals surface area contributed by atoms with Gasteiger partial charge in [-0.3, -0.25) is 4.90 Å². The van der Waals surface area contributed by atoms with Gasteiger partial charge in [0.25, 0.3) is 0 Å². The Labute approximate surface area is 112 Å². The van der Waals surface area contributed by atoms with Crippen LogP contribution in [0.4, 0.5) is 0 Å². The molecule has 4 heteroatoms. The molecule has 2 unspecified atom stereocenters. The average molecular weight is 258 g/mol. The van der Waals surface area contributed by atoms with E-state index in [4.69, 9.17) is 9.84 Å². The van der Waals surface area contributed by atoms with Crippen molar-refractivity contribution in [2.75, 3.05) is 46.5 Å². The first-order valence-corrected chi connectivity index (χ1v) is 7.37. The zero-order chi connectivity index (χ0) is 13.2. The Balaban J connectivity index is 2.42. The van der Waals surface area contributed by atoms with Crippen molar-refractivity contribution < 1.29 is 9.84 Å². The smallest absolute Gasteiger partial charge is 0.0589 e. The summed E-state index contributed by atoms with van der Waals surface area (Å²) >= 11 is 0. The highest BCUT2D eigenvalue weighted by molar-refractivity contribution is 4.83. The van der Waals surface area contributed by atoms with Crippen molar-refractivity contribution >= 4 is 0 Å². The van der Waals surface area contributed by atoms with Gasteiger partial charge in [-0.2, -0.15) is 0 Å². The maximum atomic E-state index is 9.14. The molecule has 0 radical (unpaired) electrons. The Morgan fingerprint density at radius 1 is 1.28 bits per heavy atom. The molecule has 2 N–H and O–H groups in total. The maximum absolute atomic E-state index is 9.14. The van der Waals surface area contributed by atoms with Crippen LogP contribution in [0.3, 0.4) is 0 Å². The van der Waals surface area contributed by atoms with Crippen molar-refractivity contribution in [1.29, 1.82) is 0 Å². The van der Waals surface area contributed by atoms with Gasteiger partial charge in [0.15, 0.2) is 0 Å². The largest absolute Gasteiger partial charge is 0.395 e. The second-order valence-corrected chi connectivity index (χ2v) is 5.23. The summed E-state index contributed by atoms with van der Waals surface area (Å²) in [6, 6.07) is 0.660. The Bertz CT molecular complexity index is 200. The summed E-state index contributed by atoms with van der Waals surface area (Å²) in [7, 11) is 1.74. The fraction of sp³-hybridized carbons (Fsp3) is 1.00. The first kappa shape index (κ1) is 15.9. The van der Waals surface area contributed by atoms with Crippen molar-refractivity contribution in [2.24, 2.45) is 5.92 Å². The van der Waals surface area contributed by atoms with E-state index in [0.717, 1.165) is 38.7 Å². The fourth-order valence-electron chi connectivity index (χ4n) is 2.94. The molecule has 18 heavy (non-hydrogen) atoms. The molecule has 0 saturated heterocycles. The number of aliphatic hydroxyl groups is 1. The van der Waals surface area contributed by atoms with Crippen molar-refractivity contribution in [1.82, 2.24) is 10.2 Å². The van der Waals surface area contributed by atoms with Gasteiger partial charge in [-0.1, -0.05) is 19.8 Å². The van der Waals surface area contributed by atoms with E-state index in [1.54, 1.807) is 7.11 Å². The highest BCUT2D eigenvalue weighted by Crippen LogP contribution is 2.25. The van der Waals surface area contributed by atoms with Gasteiger partial charge in [0, 0.05) is 32.8 Å². The van der Waals surface area contributed by atoms with Crippen LogP contribution < -0.4 is 5.32 Å². The quantitative estimate of drug-likeness (QED) is 0.650. The lowest BCUT2D eigenvalue weighted by atomic mass is 9.84. The average Bonchev–Trinajstić information content (AvgIpc) is 2.39. The molecule has 0 aromatic heterocycles. The van der Waals surface area contributed by atoms with Gasteiger partial charge in [0.05, 0.1) is 13.2 Å². The summed E-state index contributed by atoms with van der Waals surface area (Å²) in [6.45, 7) is 6.99. The molecule has 1 saturated carbocycles. The summed E-state index contributed by atoms with van der Waals surface area (Å²) in [6.07, 6.45) is 5.32. The van der Waals surface area contributed by atoms with E-state index in [1.165, 1.54) is 25.7 Å². The van der Waals surface area contributed by atoms with Crippen LogP contribution in [-0.2, 0) is 4.74 Å². The monoisotopic (exact) mass is 258 g/mol. The molecule has 0 aromatic rings. The number of hydrogen-bond donors (Lipinski definition) is 2. The Hall–Kier alpha value is -0.160. The first-order valence-electron chi connectivity index (χ1n) is 7.37. The van der Waals surface area contributed by atoms with Gasteiger partial charge in [0.2, 0.25) is 0 Å². The van der Waals surface area contributed by atoms with Gasteiger partial charge in [0.1, 0.15) is 0 Å². The molecule has 1 rings (SSSR count). The molecule has 0 aliphatic heterocycles. The van der Waals surface area contributed by atoms with E-state index < -0.39 is 0 Å². The second-order valence-electron chi connectivity index (χ2n) is 5.23. The number of nitrogens with one attached hydrogen (secondary N) is 1. The van der Waals surface area contributed by atoms with Crippen molar-refractivity contribution in [2.45, 2.75) is 38.6 Å². The van der Waals surface area contributed by atoms with E-state index in [-0.39, 0.29) is 6.61 Å². The molecular formula is C14H30N2O2. The molecule has 1 fully saturated rings. The van der Waals surface area contributed by atoms with Crippen molar-refractivity contribution in [3.63, 3.8) is 0 Å². The van der Waals surface area contributed by atoms with E-state index >= 15 is 0 Å². The summed E-state index contributed by atoms with van der Waals surface area (Å²) in [5.41, 5.74) is 0. The van der Waals surface area contributed by atoms with Crippen molar-refractivity contribution in [3.8, 4) is 0 Å². The van der Waals surface area contributed by atoms with Crippen LogP contribution in [0.25, 0.3) is 0 Å². The van der Waals surface area contributed by atoms with Crippen LogP contribution in [0.5, 0.6) is 0 Å². The highest BCUT2D eigenvalue weighted by Gasteiger charge is 2.25. The first-order chi connectivity index (χ1) is 8.81. The molecule has 0 amide bonds. The maximum Gasteiger partial charge on any atom is 0.0589 e. The van der Waals surface area contributed by atoms with Crippen LogP contribution in [0, 0.1) is 5.92 Å². The van der Waals surface area contributed by atoms with Crippen LogP contribution in [0.2, 0.25) is 0 Å². The van der Waals surface area contributed by atoms with Gasteiger partial charge in [-0.15, -0.1) is 0 Å². The number of ether oxygens (including phenoxy) is 1. The molecule has 4 nitrogen and oxygen atoms in total. The van der Waals surface area contributed by atoms with Crippen LogP contribution in [-0.4, -0.2) is 62.6 Å². The molecular weight excluding hydrogens is 228 g/mol. The third-order valence-electron chi connectivity index (χ3n) is 3.90. The normalized spacial score (nSPS) is 24.7. The van der Waals surface area contributed by atoms with Gasteiger partial charge in [-0.25, -0.2) is 0 Å². The standard InChI is InChI=1S/C14H30N2O2/c1-3-15-14-7-5-4-6-13(14)12-16(8-10-17)9-11-18-2/h13-15,17H,3-12H2,1-2H3. The SMILES string of the molecule is CCNC1CCCCC1CN(CCO)CCOC. The number of methoxy groups -OCH3 is 1. The van der Waals surface area contributed by atoms with Crippen LogP contribution >= 0.6 is 0 Å². The lowest BCUT2D eigenvalue weighted by molar-refractivity contribution is 0.103. The molecule has 1 aliphatic carbocycles. The van der Waals surface area contributed by atoms with Crippen molar-refractivity contribution in [3.05, 3.63) is 0 Å². The predicted octanol–water partition coefficient (Wildman–Crippen LogP) is 1.10. The lowest BCUT2D eigenvalue weighted by Gasteiger charge is -2.35. The van der Waals surface area contributed by atoms with E-state index in [0.29, 0.717) is 6.04 Å². The zero-order valence-corrected chi connectivity index (χ0v) is 12.0. The van der Waals surface area contributed by atoms with Crippen LogP contribution in [0.1, 0.15) is 32.6 Å². The molecule has 0 heterocycles. The number of aliphatic hydroxyl groups excluding tert-OH is 1. The summed E-state index contributed by atoms with van der Waals surface area (Å²) in [5, 5.41) is 12.8. The fourth-order valence-corrected chi connectivity index (χ4v) is 2.94. The topological polar surface area (TPSA) is 44.7 Å². The molecule has 0 spiro atoms. The number of nitrogens with zero attached hydrogens (tertiary/aromatic N) is 1. The predicted molar refractivity (Wildman–Crippen MR) is 74.8 cm³/mol.